The number of nitrogens with one attached hydrogen (secondary N) is 1. The van der Waals surface area contributed by atoms with E-state index in [1.165, 1.54) is 116 Å². The molecule has 1 saturated carbocycles. The minimum Gasteiger partial charge on any atom is -0.311 e. The second-order valence-corrected chi connectivity index (χ2v) is 13.4. The largest absolute Gasteiger partial charge is 0.311 e. The maximum Gasteiger partial charge on any atom is 0.0101 e. The number of thiol groups is 1. The Morgan fingerprint density at radius 3 is 2.19 bits per heavy atom. The van der Waals surface area contributed by atoms with Crippen LogP contribution in [0.3, 0.4) is 0 Å². The van der Waals surface area contributed by atoms with E-state index in [1.807, 2.05) is 0 Å². The molecule has 1 nitrogen and oxygen atoms in total. The fourth-order valence-corrected chi connectivity index (χ4v) is 5.41. The van der Waals surface area contributed by atoms with Gasteiger partial charge in [0.15, 0.2) is 0 Å². The van der Waals surface area contributed by atoms with Crippen molar-refractivity contribution in [3.63, 3.8) is 0 Å². The van der Waals surface area contributed by atoms with E-state index in [0.717, 1.165) is 5.92 Å². The van der Waals surface area contributed by atoms with E-state index in [9.17, 15) is 0 Å². The molecule has 1 N–H and O–H groups in total. The first-order valence-corrected chi connectivity index (χ1v) is 14.6. The molecule has 1 aliphatic carbocycles. The number of hydrogen-bond acceptors (Lipinski definition) is 2. The van der Waals surface area contributed by atoms with Gasteiger partial charge in [0.2, 0.25) is 0 Å². The molecule has 31 heavy (non-hydrogen) atoms. The molecule has 0 aliphatic heterocycles. The second kappa shape index (κ2) is 16.0. The van der Waals surface area contributed by atoms with Gasteiger partial charge in [-0.1, -0.05) is 112 Å². The predicted octanol–water partition coefficient (Wildman–Crippen LogP) is 9.74. The van der Waals surface area contributed by atoms with Crippen LogP contribution in [-0.4, -0.2) is 16.8 Å². The summed E-state index contributed by atoms with van der Waals surface area (Å²) in [5, 5.41) is 4.21. The normalized spacial score (nSPS) is 25.7. The Morgan fingerprint density at radius 2 is 1.48 bits per heavy atom. The van der Waals surface area contributed by atoms with Gasteiger partial charge >= 0.3 is 0 Å². The maximum absolute atomic E-state index is 5.01. The molecule has 0 radical (unpaired) electrons. The highest BCUT2D eigenvalue weighted by Crippen LogP contribution is 2.31. The zero-order valence-corrected chi connectivity index (χ0v) is 23.3. The Balaban J connectivity index is 2.62. The zero-order chi connectivity index (χ0) is 23.2. The molecule has 0 saturated heterocycles. The van der Waals surface area contributed by atoms with Gasteiger partial charge in [-0.15, -0.1) is 0 Å². The van der Waals surface area contributed by atoms with Crippen LogP contribution >= 0.6 is 12.6 Å². The van der Waals surface area contributed by atoms with Crippen molar-refractivity contribution in [3.8, 4) is 0 Å². The van der Waals surface area contributed by atoms with Crippen molar-refractivity contribution in [2.75, 3.05) is 0 Å². The van der Waals surface area contributed by atoms with Gasteiger partial charge in [0, 0.05) is 16.8 Å². The van der Waals surface area contributed by atoms with Gasteiger partial charge in [0.05, 0.1) is 0 Å². The number of rotatable bonds is 12. The summed E-state index contributed by atoms with van der Waals surface area (Å²) in [6.07, 6.45) is 24.6. The molecule has 0 amide bonds. The molecule has 1 rings (SSSR count). The standard InChI is InChI=1S/C29H59NS/c1-7-28(4,5)24-21-27(19-14-11-12-17-25(2)3)30-26-18-13-9-8-10-15-22-29(6,31)23-16-20-26/h25-27,30-31H,7-24H2,1-6H3. The lowest BCUT2D eigenvalue weighted by Crippen LogP contribution is -2.39. The van der Waals surface area contributed by atoms with Crippen LogP contribution in [0.4, 0.5) is 0 Å². The third-order valence-electron chi connectivity index (χ3n) is 7.97. The average molecular weight is 454 g/mol. The van der Waals surface area contributed by atoms with Crippen LogP contribution in [0.5, 0.6) is 0 Å². The van der Waals surface area contributed by atoms with Gasteiger partial charge in [-0.2, -0.15) is 12.6 Å². The van der Waals surface area contributed by atoms with Gasteiger partial charge in [0.25, 0.3) is 0 Å². The van der Waals surface area contributed by atoms with Gasteiger partial charge < -0.3 is 5.32 Å². The Bertz CT molecular complexity index is 428. The molecule has 0 aromatic rings. The third kappa shape index (κ3) is 15.7. The van der Waals surface area contributed by atoms with E-state index in [1.54, 1.807) is 0 Å². The van der Waals surface area contributed by atoms with Crippen LogP contribution in [0.1, 0.15) is 157 Å². The monoisotopic (exact) mass is 453 g/mol. The fourth-order valence-electron chi connectivity index (χ4n) is 5.10. The lowest BCUT2D eigenvalue weighted by Gasteiger charge is -2.31. The molecule has 186 valence electrons. The molecule has 0 heterocycles. The van der Waals surface area contributed by atoms with Crippen LogP contribution in [-0.2, 0) is 0 Å². The molecule has 3 atom stereocenters. The molecule has 1 fully saturated rings. The lowest BCUT2D eigenvalue weighted by atomic mass is 9.83. The van der Waals surface area contributed by atoms with Gasteiger partial charge in [-0.25, -0.2) is 0 Å². The molecular weight excluding hydrogens is 394 g/mol. The average Bonchev–Trinajstić information content (AvgIpc) is 2.69. The second-order valence-electron chi connectivity index (χ2n) is 12.3. The van der Waals surface area contributed by atoms with Crippen molar-refractivity contribution in [1.82, 2.24) is 5.32 Å². The summed E-state index contributed by atoms with van der Waals surface area (Å²) in [5.74, 6) is 0.855. The van der Waals surface area contributed by atoms with E-state index in [4.69, 9.17) is 12.6 Å². The lowest BCUT2D eigenvalue weighted by molar-refractivity contribution is 0.263. The predicted molar refractivity (Wildman–Crippen MR) is 146 cm³/mol. The van der Waals surface area contributed by atoms with E-state index < -0.39 is 0 Å². The molecule has 0 aromatic carbocycles. The highest BCUT2D eigenvalue weighted by atomic mass is 32.1. The minimum atomic E-state index is 0.241. The first kappa shape index (κ1) is 29.3. The zero-order valence-electron chi connectivity index (χ0n) is 22.4. The van der Waals surface area contributed by atoms with Crippen LogP contribution in [0.2, 0.25) is 0 Å². The SMILES string of the molecule is CCC(C)(C)CCC(CCCCCC(C)C)NC1CCCCCCCC(C)(S)CCC1. The summed E-state index contributed by atoms with van der Waals surface area (Å²) in [7, 11) is 0. The molecule has 3 unspecified atom stereocenters. The highest BCUT2D eigenvalue weighted by Gasteiger charge is 2.23. The van der Waals surface area contributed by atoms with Crippen molar-refractivity contribution in [3.05, 3.63) is 0 Å². The van der Waals surface area contributed by atoms with Crippen molar-refractivity contribution in [2.45, 2.75) is 174 Å². The molecular formula is C29H59NS. The quantitative estimate of drug-likeness (QED) is 0.221. The summed E-state index contributed by atoms with van der Waals surface area (Å²) in [6, 6.07) is 1.43. The van der Waals surface area contributed by atoms with Crippen LogP contribution in [0.15, 0.2) is 0 Å². The van der Waals surface area contributed by atoms with Crippen LogP contribution in [0, 0.1) is 11.3 Å². The Morgan fingerprint density at radius 1 is 0.871 bits per heavy atom. The fraction of sp³-hybridized carbons (Fsp3) is 1.00. The summed E-state index contributed by atoms with van der Waals surface area (Å²) >= 11 is 5.01. The Kier molecular flexibility index (Phi) is 15.2. The third-order valence-corrected chi connectivity index (χ3v) is 8.42. The molecule has 1 aliphatic rings. The van der Waals surface area contributed by atoms with E-state index in [0.29, 0.717) is 17.5 Å². The number of hydrogen-bond donors (Lipinski definition) is 2. The first-order valence-electron chi connectivity index (χ1n) is 14.1. The minimum absolute atomic E-state index is 0.241. The molecule has 2 heteroatoms. The smallest absolute Gasteiger partial charge is 0.0101 e. The van der Waals surface area contributed by atoms with Crippen molar-refractivity contribution >= 4 is 12.6 Å². The maximum atomic E-state index is 5.01. The van der Waals surface area contributed by atoms with E-state index in [-0.39, 0.29) is 4.75 Å². The van der Waals surface area contributed by atoms with Crippen molar-refractivity contribution in [2.24, 2.45) is 11.3 Å². The van der Waals surface area contributed by atoms with Gasteiger partial charge in [0.1, 0.15) is 0 Å². The summed E-state index contributed by atoms with van der Waals surface area (Å²) in [6.45, 7) is 14.4. The molecule has 0 aromatic heterocycles. The van der Waals surface area contributed by atoms with Gasteiger partial charge in [-0.05, 0) is 56.3 Å². The molecule has 0 spiro atoms. The summed E-state index contributed by atoms with van der Waals surface area (Å²) in [5.41, 5.74) is 0.484. The first-order chi connectivity index (χ1) is 14.6. The van der Waals surface area contributed by atoms with E-state index >= 15 is 0 Å². The van der Waals surface area contributed by atoms with Gasteiger partial charge in [-0.3, -0.25) is 0 Å². The van der Waals surface area contributed by atoms with Crippen LogP contribution in [0.25, 0.3) is 0 Å². The van der Waals surface area contributed by atoms with E-state index in [2.05, 4.69) is 46.9 Å². The highest BCUT2D eigenvalue weighted by molar-refractivity contribution is 7.81. The Labute approximate surface area is 203 Å². The summed E-state index contributed by atoms with van der Waals surface area (Å²) < 4.78 is 0.241. The van der Waals surface area contributed by atoms with Crippen molar-refractivity contribution in [1.29, 1.82) is 0 Å². The molecule has 0 bridgehead atoms. The summed E-state index contributed by atoms with van der Waals surface area (Å²) in [4.78, 5) is 0. The topological polar surface area (TPSA) is 12.0 Å². The van der Waals surface area contributed by atoms with Crippen molar-refractivity contribution < 1.29 is 0 Å². The van der Waals surface area contributed by atoms with Crippen LogP contribution < -0.4 is 5.32 Å². The Hall–Kier alpha value is 0.310. The number of unbranched alkanes of at least 4 members (excludes halogenated alkanes) is 2.